The number of rotatable bonds is 5. The van der Waals surface area contributed by atoms with Crippen molar-refractivity contribution in [1.82, 2.24) is 14.8 Å². The molecule has 6 nitrogen and oxygen atoms in total. The van der Waals surface area contributed by atoms with Crippen LogP contribution in [-0.4, -0.2) is 19.9 Å². The predicted molar refractivity (Wildman–Crippen MR) is 109 cm³/mol. The Balaban J connectivity index is 1.67. The van der Waals surface area contributed by atoms with Gasteiger partial charge < -0.3 is 14.1 Å². The van der Waals surface area contributed by atoms with Gasteiger partial charge >= 0.3 is 5.63 Å². The molecule has 4 aromatic rings. The van der Waals surface area contributed by atoms with Crippen LogP contribution in [0.15, 0.2) is 56.8 Å². The van der Waals surface area contributed by atoms with Crippen molar-refractivity contribution < 1.29 is 13.9 Å². The van der Waals surface area contributed by atoms with Crippen LogP contribution in [0.3, 0.4) is 0 Å². The minimum atomic E-state index is -0.484. The predicted octanol–water partition coefficient (Wildman–Crippen LogP) is 4.29. The highest BCUT2D eigenvalue weighted by molar-refractivity contribution is 7.98. The van der Waals surface area contributed by atoms with E-state index in [0.29, 0.717) is 34.3 Å². The van der Waals surface area contributed by atoms with Crippen molar-refractivity contribution in [2.75, 3.05) is 0 Å². The maximum Gasteiger partial charge on any atom is 0.336 e. The summed E-state index contributed by atoms with van der Waals surface area (Å²) in [7, 11) is 1.77. The first kappa shape index (κ1) is 19.2. The minimum Gasteiger partial charge on any atom is -0.508 e. The number of phenols is 1. The Kier molecular flexibility index (Phi) is 5.10. The molecule has 148 valence electrons. The van der Waals surface area contributed by atoms with Crippen molar-refractivity contribution in [3.63, 3.8) is 0 Å². The smallest absolute Gasteiger partial charge is 0.336 e. The van der Waals surface area contributed by atoms with E-state index in [1.54, 1.807) is 29.8 Å². The highest BCUT2D eigenvalue weighted by Gasteiger charge is 2.16. The number of aromatic nitrogens is 3. The Labute approximate surface area is 170 Å². The summed E-state index contributed by atoms with van der Waals surface area (Å²) in [6, 6.07) is 11.2. The zero-order valence-corrected chi connectivity index (χ0v) is 16.7. The largest absolute Gasteiger partial charge is 0.508 e. The van der Waals surface area contributed by atoms with E-state index in [4.69, 9.17) is 4.42 Å². The van der Waals surface area contributed by atoms with Crippen LogP contribution in [0.4, 0.5) is 4.39 Å². The maximum atomic E-state index is 14.1. The van der Waals surface area contributed by atoms with E-state index < -0.39 is 5.63 Å². The Bertz CT molecular complexity index is 1270. The third kappa shape index (κ3) is 3.63. The van der Waals surface area contributed by atoms with Gasteiger partial charge in [0.25, 0.3) is 0 Å². The van der Waals surface area contributed by atoms with Crippen molar-refractivity contribution in [1.29, 1.82) is 0 Å². The van der Waals surface area contributed by atoms with Crippen LogP contribution in [0.25, 0.3) is 22.4 Å². The Morgan fingerprint density at radius 2 is 1.97 bits per heavy atom. The molecule has 0 saturated carbocycles. The van der Waals surface area contributed by atoms with Crippen molar-refractivity contribution in [2.24, 2.45) is 7.05 Å². The number of thioether (sulfide) groups is 1. The second kappa shape index (κ2) is 7.71. The van der Waals surface area contributed by atoms with Crippen molar-refractivity contribution in [3.8, 4) is 17.1 Å². The van der Waals surface area contributed by atoms with E-state index >= 15 is 0 Å². The van der Waals surface area contributed by atoms with Crippen LogP contribution in [0.5, 0.6) is 5.75 Å². The average molecular weight is 411 g/mol. The van der Waals surface area contributed by atoms with Crippen LogP contribution >= 0.6 is 11.8 Å². The summed E-state index contributed by atoms with van der Waals surface area (Å²) in [4.78, 5) is 11.9. The van der Waals surface area contributed by atoms with Crippen LogP contribution in [0.1, 0.15) is 18.1 Å². The molecule has 1 N–H and O–H groups in total. The molecule has 0 unspecified atom stereocenters. The highest BCUT2D eigenvalue weighted by Crippen LogP contribution is 2.31. The molecule has 2 aromatic heterocycles. The number of phenolic OH excluding ortho intramolecular Hbond substituents is 1. The van der Waals surface area contributed by atoms with Gasteiger partial charge in [-0.25, -0.2) is 9.18 Å². The average Bonchev–Trinajstić information content (AvgIpc) is 3.06. The van der Waals surface area contributed by atoms with Crippen LogP contribution in [0, 0.1) is 5.82 Å². The quantitative estimate of drug-likeness (QED) is 0.390. The van der Waals surface area contributed by atoms with E-state index in [0.717, 1.165) is 16.5 Å². The molecule has 29 heavy (non-hydrogen) atoms. The summed E-state index contributed by atoms with van der Waals surface area (Å²) in [5, 5.41) is 19.7. The summed E-state index contributed by atoms with van der Waals surface area (Å²) in [5.74, 6) is 0.620. The van der Waals surface area contributed by atoms with Crippen molar-refractivity contribution in [2.45, 2.75) is 24.3 Å². The summed E-state index contributed by atoms with van der Waals surface area (Å²) < 4.78 is 21.0. The third-order valence-electron chi connectivity index (χ3n) is 4.72. The number of nitrogens with zero attached hydrogens (tertiary/aromatic N) is 3. The first-order valence-corrected chi connectivity index (χ1v) is 10.0. The topological polar surface area (TPSA) is 81.2 Å². The second-order valence-corrected chi connectivity index (χ2v) is 7.50. The van der Waals surface area contributed by atoms with Gasteiger partial charge in [-0.1, -0.05) is 30.8 Å². The lowest BCUT2D eigenvalue weighted by Crippen LogP contribution is -2.01. The van der Waals surface area contributed by atoms with Gasteiger partial charge in [0.1, 0.15) is 17.1 Å². The van der Waals surface area contributed by atoms with E-state index in [1.165, 1.54) is 30.0 Å². The Morgan fingerprint density at radius 1 is 1.17 bits per heavy atom. The zero-order chi connectivity index (χ0) is 20.5. The molecule has 2 aromatic carbocycles. The molecule has 4 rings (SSSR count). The number of aromatic hydroxyl groups is 1. The van der Waals surface area contributed by atoms with Gasteiger partial charge in [0.2, 0.25) is 0 Å². The third-order valence-corrected chi connectivity index (χ3v) is 5.79. The van der Waals surface area contributed by atoms with Crippen molar-refractivity contribution >= 4 is 22.7 Å². The summed E-state index contributed by atoms with van der Waals surface area (Å²) in [6.45, 7) is 1.94. The molecule has 0 radical (unpaired) electrons. The molecule has 0 bridgehead atoms. The molecule has 8 heteroatoms. The number of hydrogen-bond acceptors (Lipinski definition) is 6. The Hall–Kier alpha value is -3.13. The van der Waals surface area contributed by atoms with Gasteiger partial charge in [-0.05, 0) is 35.7 Å². The van der Waals surface area contributed by atoms with Gasteiger partial charge in [-0.3, -0.25) is 0 Å². The van der Waals surface area contributed by atoms with E-state index in [-0.39, 0.29) is 11.6 Å². The van der Waals surface area contributed by atoms with Gasteiger partial charge in [0.15, 0.2) is 11.0 Å². The molecular formula is C21H18FN3O3S. The number of benzene rings is 2. The molecule has 0 fully saturated rings. The van der Waals surface area contributed by atoms with Crippen LogP contribution in [0.2, 0.25) is 0 Å². The molecule has 0 aliphatic heterocycles. The molecule has 0 saturated heterocycles. The standard InChI is InChI=1S/C21H18FN3O3S/c1-3-12-8-15-13(9-19(27)28-18(15)10-17(12)26)11-29-21-24-23-20(25(21)2)14-6-4-5-7-16(14)22/h4-10,26H,3,11H2,1-2H3. The van der Waals surface area contributed by atoms with Crippen LogP contribution < -0.4 is 5.63 Å². The maximum absolute atomic E-state index is 14.1. The summed E-state index contributed by atoms with van der Waals surface area (Å²) in [5.41, 5.74) is 1.78. The minimum absolute atomic E-state index is 0.107. The lowest BCUT2D eigenvalue weighted by atomic mass is 10.1. The lowest BCUT2D eigenvalue weighted by molar-refractivity contribution is 0.466. The van der Waals surface area contributed by atoms with E-state index in [9.17, 15) is 14.3 Å². The molecule has 0 amide bonds. The molecule has 2 heterocycles. The van der Waals surface area contributed by atoms with Gasteiger partial charge in [0, 0.05) is 30.3 Å². The number of halogens is 1. The van der Waals surface area contributed by atoms with Gasteiger partial charge in [-0.2, -0.15) is 0 Å². The van der Waals surface area contributed by atoms with E-state index in [2.05, 4.69) is 10.2 Å². The monoisotopic (exact) mass is 411 g/mol. The highest BCUT2D eigenvalue weighted by atomic mass is 32.2. The number of hydrogen-bond donors (Lipinski definition) is 1. The summed E-state index contributed by atoms with van der Waals surface area (Å²) >= 11 is 1.39. The van der Waals surface area contributed by atoms with Gasteiger partial charge in [-0.15, -0.1) is 10.2 Å². The number of fused-ring (bicyclic) bond motifs is 1. The lowest BCUT2D eigenvalue weighted by Gasteiger charge is -2.09. The fraction of sp³-hybridized carbons (Fsp3) is 0.190. The Morgan fingerprint density at radius 3 is 2.72 bits per heavy atom. The molecule has 0 spiro atoms. The molecule has 0 atom stereocenters. The fourth-order valence-electron chi connectivity index (χ4n) is 3.17. The van der Waals surface area contributed by atoms with Crippen LogP contribution in [-0.2, 0) is 19.2 Å². The second-order valence-electron chi connectivity index (χ2n) is 6.56. The molecule has 0 aliphatic carbocycles. The normalized spacial score (nSPS) is 11.3. The fourth-order valence-corrected chi connectivity index (χ4v) is 4.07. The number of aryl methyl sites for hydroxylation is 1. The first-order valence-electron chi connectivity index (χ1n) is 9.03. The van der Waals surface area contributed by atoms with Gasteiger partial charge in [0.05, 0.1) is 5.56 Å². The molecule has 0 aliphatic rings. The zero-order valence-electron chi connectivity index (χ0n) is 15.8. The SMILES string of the molecule is CCc1cc2c(CSc3nnc(-c4ccccc4F)n3C)cc(=O)oc2cc1O. The summed E-state index contributed by atoms with van der Waals surface area (Å²) in [6.07, 6.45) is 0.656. The van der Waals surface area contributed by atoms with Crippen molar-refractivity contribution in [3.05, 3.63) is 69.8 Å². The first-order chi connectivity index (χ1) is 14.0. The molecular weight excluding hydrogens is 393 g/mol. The van der Waals surface area contributed by atoms with E-state index in [1.807, 2.05) is 13.0 Å².